The summed E-state index contributed by atoms with van der Waals surface area (Å²) in [6.45, 7) is 4.83. The van der Waals surface area contributed by atoms with Crippen molar-refractivity contribution < 1.29 is 23.5 Å². The van der Waals surface area contributed by atoms with E-state index in [0.29, 0.717) is 36.5 Å². The first kappa shape index (κ1) is 31.6. The molecule has 0 saturated carbocycles. The molecule has 0 unspecified atom stereocenters. The Bertz CT molecular complexity index is 1880. The lowest BCUT2D eigenvalue weighted by atomic mass is 9.89. The number of aryl methyl sites for hydroxylation is 2. The number of aromatic nitrogens is 4. The van der Waals surface area contributed by atoms with Crippen LogP contribution in [0.1, 0.15) is 80.9 Å². The lowest BCUT2D eigenvalue weighted by Crippen LogP contribution is -2.46. The number of methoxy groups -OCH3 is 1. The van der Waals surface area contributed by atoms with Crippen LogP contribution in [0.2, 0.25) is 0 Å². The Hall–Kier alpha value is -5.00. The third kappa shape index (κ3) is 5.73. The zero-order valence-electron chi connectivity index (χ0n) is 27.4. The van der Waals surface area contributed by atoms with Gasteiger partial charge in [-0.1, -0.05) is 31.2 Å². The molecule has 3 N–H and O–H groups in total. The maximum absolute atomic E-state index is 15.7. The van der Waals surface area contributed by atoms with Gasteiger partial charge in [0.15, 0.2) is 0 Å². The van der Waals surface area contributed by atoms with E-state index in [-0.39, 0.29) is 29.7 Å². The second kappa shape index (κ2) is 12.9. The Morgan fingerprint density at radius 1 is 0.979 bits per heavy atom. The molecule has 7 rings (SSSR count). The molecule has 4 aromatic rings. The van der Waals surface area contributed by atoms with Crippen LogP contribution < -0.4 is 5.32 Å². The summed E-state index contributed by atoms with van der Waals surface area (Å²) in [6.07, 6.45) is 6.50. The number of rotatable bonds is 7. The Morgan fingerprint density at radius 2 is 1.69 bits per heavy atom. The molecule has 3 aliphatic rings. The van der Waals surface area contributed by atoms with Gasteiger partial charge in [0.25, 0.3) is 0 Å². The van der Waals surface area contributed by atoms with Crippen LogP contribution in [0.25, 0.3) is 33.6 Å². The number of carbonyl (C=O) groups is 3. The summed E-state index contributed by atoms with van der Waals surface area (Å²) < 4.78 is 20.3. The predicted octanol–water partition coefficient (Wildman–Crippen LogP) is 5.85. The number of fused-ring (bicyclic) bond motifs is 3. The second-order valence-electron chi connectivity index (χ2n) is 12.8. The number of amides is 3. The number of H-pyrrole nitrogens is 2. The summed E-state index contributed by atoms with van der Waals surface area (Å²) in [5, 5.41) is 2.53. The number of alkyl carbamates (subject to hydrolysis) is 1. The van der Waals surface area contributed by atoms with Crippen molar-refractivity contribution in [3.8, 4) is 33.6 Å². The lowest BCUT2D eigenvalue weighted by Gasteiger charge is -2.26. The Morgan fingerprint density at radius 3 is 2.42 bits per heavy atom. The van der Waals surface area contributed by atoms with Crippen LogP contribution in [0.15, 0.2) is 42.6 Å². The second-order valence-corrected chi connectivity index (χ2v) is 12.8. The topological polar surface area (TPSA) is 136 Å². The fourth-order valence-electron chi connectivity index (χ4n) is 7.43. The van der Waals surface area contributed by atoms with Crippen molar-refractivity contribution in [1.82, 2.24) is 35.1 Å². The predicted molar refractivity (Wildman–Crippen MR) is 177 cm³/mol. The van der Waals surface area contributed by atoms with Gasteiger partial charge in [0.1, 0.15) is 23.5 Å². The highest BCUT2D eigenvalue weighted by atomic mass is 19.1. The summed E-state index contributed by atoms with van der Waals surface area (Å²) >= 11 is 0. The van der Waals surface area contributed by atoms with Crippen molar-refractivity contribution in [3.05, 3.63) is 71.3 Å². The monoisotopic (exact) mass is 653 g/mol. The molecule has 2 aromatic carbocycles. The van der Waals surface area contributed by atoms with Crippen molar-refractivity contribution in [1.29, 1.82) is 0 Å². The van der Waals surface area contributed by atoms with E-state index in [4.69, 9.17) is 4.98 Å². The van der Waals surface area contributed by atoms with E-state index in [1.54, 1.807) is 30.2 Å². The first-order valence-electron chi connectivity index (χ1n) is 16.8. The van der Waals surface area contributed by atoms with Gasteiger partial charge >= 0.3 is 6.09 Å². The number of carbonyl (C=O) groups excluding carboxylic acids is 3. The number of hydrogen-bond acceptors (Lipinski definition) is 6. The maximum Gasteiger partial charge on any atom is 0.407 e. The van der Waals surface area contributed by atoms with Gasteiger partial charge in [-0.15, -0.1) is 0 Å². The van der Waals surface area contributed by atoms with Crippen LogP contribution in [0.4, 0.5) is 9.18 Å². The molecule has 0 radical (unpaired) electrons. The number of imidazole rings is 2. The smallest absolute Gasteiger partial charge is 0.407 e. The number of aromatic amines is 2. The van der Waals surface area contributed by atoms with E-state index in [1.807, 2.05) is 24.0 Å². The summed E-state index contributed by atoms with van der Waals surface area (Å²) in [6, 6.07) is 10.4. The molecular formula is C36H40FN7O4. The molecule has 1 aliphatic carbocycles. The van der Waals surface area contributed by atoms with E-state index < -0.39 is 12.1 Å². The van der Waals surface area contributed by atoms with E-state index in [2.05, 4.69) is 37.1 Å². The first-order valence-corrected chi connectivity index (χ1v) is 16.8. The number of nitrogens with one attached hydrogen (secondary N) is 3. The highest BCUT2D eigenvalue weighted by molar-refractivity contribution is 5.86. The molecule has 250 valence electrons. The van der Waals surface area contributed by atoms with Crippen LogP contribution >= 0.6 is 0 Å². The van der Waals surface area contributed by atoms with Crippen LogP contribution in [0.5, 0.6) is 0 Å². The van der Waals surface area contributed by atoms with Crippen LogP contribution in [-0.4, -0.2) is 73.9 Å². The minimum atomic E-state index is -0.750. The van der Waals surface area contributed by atoms with E-state index >= 15 is 4.39 Å². The molecule has 3 amide bonds. The van der Waals surface area contributed by atoms with E-state index in [1.165, 1.54) is 12.7 Å². The average molecular weight is 654 g/mol. The van der Waals surface area contributed by atoms with Gasteiger partial charge in [-0.3, -0.25) is 9.59 Å². The van der Waals surface area contributed by atoms with E-state index in [9.17, 15) is 14.4 Å². The molecule has 2 aromatic heterocycles. The minimum Gasteiger partial charge on any atom is -0.453 e. The molecule has 11 nitrogen and oxygen atoms in total. The Kier molecular flexibility index (Phi) is 8.49. The van der Waals surface area contributed by atoms with Gasteiger partial charge in [0.2, 0.25) is 11.8 Å². The van der Waals surface area contributed by atoms with Crippen molar-refractivity contribution in [2.45, 2.75) is 76.9 Å². The summed E-state index contributed by atoms with van der Waals surface area (Å²) in [5.41, 5.74) is 6.91. The normalized spacial score (nSPS) is 19.2. The molecule has 48 heavy (non-hydrogen) atoms. The van der Waals surface area contributed by atoms with Gasteiger partial charge in [-0.25, -0.2) is 19.2 Å². The highest BCUT2D eigenvalue weighted by Gasteiger charge is 2.35. The summed E-state index contributed by atoms with van der Waals surface area (Å²) in [5.74, 6) is 1.01. The molecule has 0 spiro atoms. The minimum absolute atomic E-state index is 0.00293. The van der Waals surface area contributed by atoms with Gasteiger partial charge < -0.3 is 29.8 Å². The molecule has 2 aliphatic heterocycles. The molecule has 2 fully saturated rings. The zero-order chi connectivity index (χ0) is 33.5. The number of hydrogen-bond donors (Lipinski definition) is 3. The lowest BCUT2D eigenvalue weighted by molar-refractivity contribution is -0.134. The number of ether oxygens (including phenoxy) is 1. The third-order valence-electron chi connectivity index (χ3n) is 9.92. The largest absolute Gasteiger partial charge is 0.453 e. The van der Waals surface area contributed by atoms with Gasteiger partial charge in [0.05, 0.1) is 36.8 Å². The van der Waals surface area contributed by atoms with Crippen molar-refractivity contribution >= 4 is 17.9 Å². The number of halogens is 1. The molecule has 12 heteroatoms. The fourth-order valence-corrected chi connectivity index (χ4v) is 7.43. The van der Waals surface area contributed by atoms with Crippen molar-refractivity contribution in [2.24, 2.45) is 0 Å². The zero-order valence-corrected chi connectivity index (χ0v) is 27.4. The number of benzene rings is 2. The van der Waals surface area contributed by atoms with Crippen LogP contribution in [0, 0.1) is 5.82 Å². The quantitative estimate of drug-likeness (QED) is 0.229. The average Bonchev–Trinajstić information content (AvgIpc) is 3.92. The summed E-state index contributed by atoms with van der Waals surface area (Å²) in [4.78, 5) is 57.2. The molecule has 0 bridgehead atoms. The molecular weight excluding hydrogens is 613 g/mol. The maximum atomic E-state index is 15.7. The molecule has 3 atom stereocenters. The summed E-state index contributed by atoms with van der Waals surface area (Å²) in [7, 11) is 1.25. The van der Waals surface area contributed by atoms with Gasteiger partial charge in [0, 0.05) is 36.3 Å². The van der Waals surface area contributed by atoms with Gasteiger partial charge in [-0.05, 0) is 74.3 Å². The Labute approximate surface area is 278 Å². The molecule has 2 saturated heterocycles. The molecule has 4 heterocycles. The van der Waals surface area contributed by atoms with Gasteiger partial charge in [-0.2, -0.15) is 0 Å². The SMILES string of the molecule is CCC(=O)N1CCC[C@H]1c1nc2c([nH]1)CCc1cc(-c3ccc(-c4cnc([C@@H]5CCCN5C(=O)[C@H](C)NC(=O)OC)[nH]4)c(F)c3)ccc1-2. The number of likely N-dealkylation sites (tertiary alicyclic amines) is 2. The fraction of sp³-hybridized carbons (Fsp3) is 0.417. The van der Waals surface area contributed by atoms with Crippen LogP contribution in [-0.2, 0) is 27.2 Å². The Balaban J connectivity index is 1.08. The highest BCUT2D eigenvalue weighted by Crippen LogP contribution is 2.39. The standard InChI is InChI=1S/C36H40FN7O4/c1-4-31(45)43-15-5-8-30(43)34-40-27-14-11-23-17-21(9-12-24(23)32(27)42-34)22-10-13-25(26(37)18-22)28-19-38-33(41-28)29-7-6-16-44(29)35(46)20(2)39-36(47)48-3/h9-10,12-13,17-20,29-30H,4-8,11,14-16H2,1-3H3,(H,38,41)(H,39,47)(H,40,42)/t20-,29-,30-/m0/s1. The number of nitrogens with zero attached hydrogens (tertiary/aromatic N) is 4. The van der Waals surface area contributed by atoms with Crippen molar-refractivity contribution in [3.63, 3.8) is 0 Å². The van der Waals surface area contributed by atoms with Crippen LogP contribution in [0.3, 0.4) is 0 Å². The first-order chi connectivity index (χ1) is 23.2. The van der Waals surface area contributed by atoms with E-state index in [0.717, 1.165) is 72.6 Å². The van der Waals surface area contributed by atoms with Crippen molar-refractivity contribution in [2.75, 3.05) is 20.2 Å². The third-order valence-corrected chi connectivity index (χ3v) is 9.92.